The molecule has 0 aliphatic heterocycles. The summed E-state index contributed by atoms with van der Waals surface area (Å²) in [5.41, 5.74) is 0.484. The number of carbonyl (C=O) groups excluding carboxylic acids is 1. The van der Waals surface area contributed by atoms with Crippen LogP contribution in [0.15, 0.2) is 12.2 Å². The maximum Gasteiger partial charge on any atom is 0.158 e. The van der Waals surface area contributed by atoms with Crippen LogP contribution in [0.3, 0.4) is 0 Å². The van der Waals surface area contributed by atoms with E-state index >= 15 is 0 Å². The average molecular weight is 191 g/mol. The Kier molecular flexibility index (Phi) is 5.79. The van der Waals surface area contributed by atoms with Crippen LogP contribution in [-0.4, -0.2) is 21.2 Å². The molecule has 12 heavy (non-hydrogen) atoms. The van der Waals surface area contributed by atoms with Gasteiger partial charge in [-0.15, -0.1) is 0 Å². The number of hydrogen-bond acceptors (Lipinski definition) is 4. The average Bonchev–Trinajstić information content (AvgIpc) is 1.97. The first kappa shape index (κ1) is 11.5. The van der Waals surface area contributed by atoms with Gasteiger partial charge in [0, 0.05) is 6.42 Å². The van der Waals surface area contributed by atoms with Crippen molar-refractivity contribution >= 4 is 17.1 Å². The third-order valence-corrected chi connectivity index (χ3v) is 1.56. The van der Waals surface area contributed by atoms with Gasteiger partial charge in [0.05, 0.1) is 18.0 Å². The minimum Gasteiger partial charge on any atom is -0.750 e. The lowest BCUT2D eigenvalue weighted by atomic mass is 10.1. The molecule has 0 amide bonds. The van der Waals surface area contributed by atoms with Gasteiger partial charge in [-0.25, -0.2) is 4.21 Å². The fourth-order valence-electron chi connectivity index (χ4n) is 0.573. The molecule has 0 radical (unpaired) electrons. The van der Waals surface area contributed by atoms with E-state index < -0.39 is 11.4 Å². The van der Waals surface area contributed by atoms with E-state index in [4.69, 9.17) is 0 Å². The SMILES string of the molecule is C=C(C)C(=O)CCCOS(=O)[O-]. The van der Waals surface area contributed by atoms with Crippen molar-refractivity contribution in [1.29, 1.82) is 0 Å². The second kappa shape index (κ2) is 6.05. The minimum absolute atomic E-state index is 0.0507. The van der Waals surface area contributed by atoms with Crippen molar-refractivity contribution in [2.24, 2.45) is 0 Å². The van der Waals surface area contributed by atoms with Gasteiger partial charge in [0.1, 0.15) is 0 Å². The van der Waals surface area contributed by atoms with Gasteiger partial charge in [-0.1, -0.05) is 6.58 Å². The highest BCUT2D eigenvalue weighted by Gasteiger charge is 2.00. The molecule has 0 bridgehead atoms. The molecule has 0 aromatic rings. The van der Waals surface area contributed by atoms with E-state index in [9.17, 15) is 13.6 Å². The molecule has 0 fully saturated rings. The van der Waals surface area contributed by atoms with Crippen LogP contribution in [0.25, 0.3) is 0 Å². The van der Waals surface area contributed by atoms with Gasteiger partial charge in [-0.3, -0.25) is 4.79 Å². The van der Waals surface area contributed by atoms with Gasteiger partial charge in [0.15, 0.2) is 5.78 Å². The Bertz CT molecular complexity index is 200. The first-order chi connectivity index (χ1) is 5.54. The van der Waals surface area contributed by atoms with Crippen LogP contribution in [0, 0.1) is 0 Å². The number of rotatable bonds is 6. The van der Waals surface area contributed by atoms with E-state index in [0.717, 1.165) is 0 Å². The lowest BCUT2D eigenvalue weighted by Gasteiger charge is -2.04. The maximum absolute atomic E-state index is 10.9. The third kappa shape index (κ3) is 6.21. The normalized spacial score (nSPS) is 12.5. The molecule has 1 unspecified atom stereocenters. The zero-order valence-electron chi connectivity index (χ0n) is 6.87. The highest BCUT2D eigenvalue weighted by molar-refractivity contribution is 7.74. The largest absolute Gasteiger partial charge is 0.750 e. The number of carbonyl (C=O) groups is 1. The van der Waals surface area contributed by atoms with Crippen LogP contribution < -0.4 is 0 Å². The summed E-state index contributed by atoms with van der Waals surface area (Å²) in [4.78, 5) is 10.9. The lowest BCUT2D eigenvalue weighted by Crippen LogP contribution is -2.03. The van der Waals surface area contributed by atoms with Crippen LogP contribution in [0.4, 0.5) is 0 Å². The van der Waals surface area contributed by atoms with E-state index in [0.29, 0.717) is 12.0 Å². The van der Waals surface area contributed by atoms with Crippen molar-refractivity contribution in [3.05, 3.63) is 12.2 Å². The van der Waals surface area contributed by atoms with Crippen molar-refractivity contribution in [1.82, 2.24) is 0 Å². The molecule has 0 saturated carbocycles. The zero-order valence-corrected chi connectivity index (χ0v) is 7.69. The van der Waals surface area contributed by atoms with Crippen LogP contribution in [0.5, 0.6) is 0 Å². The predicted octanol–water partition coefficient (Wildman–Crippen LogP) is 0.723. The number of ketones is 1. The monoisotopic (exact) mass is 191 g/mol. The summed E-state index contributed by atoms with van der Waals surface area (Å²) >= 11 is -2.47. The van der Waals surface area contributed by atoms with Crippen LogP contribution >= 0.6 is 0 Å². The van der Waals surface area contributed by atoms with E-state index in [1.165, 1.54) is 0 Å². The topological polar surface area (TPSA) is 66.4 Å². The van der Waals surface area contributed by atoms with E-state index in [2.05, 4.69) is 10.8 Å². The molecule has 70 valence electrons. The summed E-state index contributed by atoms with van der Waals surface area (Å²) < 4.78 is 23.9. The van der Waals surface area contributed by atoms with Gasteiger partial charge in [0.2, 0.25) is 0 Å². The quantitative estimate of drug-likeness (QED) is 0.352. The summed E-state index contributed by atoms with van der Waals surface area (Å²) in [6.45, 7) is 5.13. The van der Waals surface area contributed by atoms with E-state index in [1.54, 1.807) is 6.92 Å². The van der Waals surface area contributed by atoms with Crippen LogP contribution in [-0.2, 0) is 20.3 Å². The van der Waals surface area contributed by atoms with Crippen LogP contribution in [0.2, 0.25) is 0 Å². The highest BCUT2D eigenvalue weighted by atomic mass is 32.2. The summed E-state index contributed by atoms with van der Waals surface area (Å²) in [5, 5.41) is 0. The molecular formula is C7H11O4S-. The molecule has 0 aromatic heterocycles. The molecule has 0 saturated heterocycles. The third-order valence-electron chi connectivity index (χ3n) is 1.20. The molecule has 0 aliphatic carbocycles. The van der Waals surface area contributed by atoms with Crippen molar-refractivity contribution < 1.29 is 17.7 Å². The Morgan fingerprint density at radius 3 is 2.67 bits per heavy atom. The molecule has 0 N–H and O–H groups in total. The number of Topliss-reactive ketones (excluding diaryl/α,β-unsaturated/α-hetero) is 1. The fourth-order valence-corrected chi connectivity index (χ4v) is 0.827. The Balaban J connectivity index is 3.38. The molecule has 5 heteroatoms. The standard InChI is InChI=1S/C7H12O4S/c1-6(2)7(8)4-3-5-11-12(9)10/h1,3-5H2,2H3,(H,9,10)/p-1. The van der Waals surface area contributed by atoms with Crippen molar-refractivity contribution in [2.75, 3.05) is 6.61 Å². The predicted molar refractivity (Wildman–Crippen MR) is 43.9 cm³/mol. The Morgan fingerprint density at radius 2 is 2.25 bits per heavy atom. The number of hydrogen-bond donors (Lipinski definition) is 0. The first-order valence-corrected chi connectivity index (χ1v) is 4.45. The molecule has 4 nitrogen and oxygen atoms in total. The van der Waals surface area contributed by atoms with Gasteiger partial charge in [-0.2, -0.15) is 0 Å². The van der Waals surface area contributed by atoms with Crippen LogP contribution in [0.1, 0.15) is 19.8 Å². The Hall–Kier alpha value is -0.520. The molecule has 0 aliphatic rings. The van der Waals surface area contributed by atoms with Crippen molar-refractivity contribution in [3.63, 3.8) is 0 Å². The molecule has 0 spiro atoms. The van der Waals surface area contributed by atoms with Gasteiger partial charge in [-0.05, 0) is 18.9 Å². The number of allylic oxidation sites excluding steroid dienone is 1. The molecular weight excluding hydrogens is 180 g/mol. The van der Waals surface area contributed by atoms with Gasteiger partial charge >= 0.3 is 0 Å². The smallest absolute Gasteiger partial charge is 0.158 e. The second-order valence-corrected chi connectivity index (χ2v) is 2.98. The zero-order chi connectivity index (χ0) is 9.56. The van der Waals surface area contributed by atoms with Gasteiger partial charge in [0.25, 0.3) is 0 Å². The maximum atomic E-state index is 10.9. The van der Waals surface area contributed by atoms with Gasteiger partial charge < -0.3 is 8.74 Å². The molecule has 0 rings (SSSR count). The van der Waals surface area contributed by atoms with E-state index in [1.807, 2.05) is 0 Å². The summed E-state index contributed by atoms with van der Waals surface area (Å²) in [5.74, 6) is -0.0599. The fraction of sp³-hybridized carbons (Fsp3) is 0.571. The molecule has 0 heterocycles. The van der Waals surface area contributed by atoms with E-state index in [-0.39, 0.29) is 18.8 Å². The van der Waals surface area contributed by atoms with Crippen molar-refractivity contribution in [2.45, 2.75) is 19.8 Å². The second-order valence-electron chi connectivity index (χ2n) is 2.33. The van der Waals surface area contributed by atoms with Crippen molar-refractivity contribution in [3.8, 4) is 0 Å². The Labute approximate surface area is 74.1 Å². The molecule has 1 atom stereocenters. The lowest BCUT2D eigenvalue weighted by molar-refractivity contribution is -0.115. The minimum atomic E-state index is -2.47. The summed E-state index contributed by atoms with van der Waals surface area (Å²) in [6.07, 6.45) is 0.687. The first-order valence-electron chi connectivity index (χ1n) is 3.45. The highest BCUT2D eigenvalue weighted by Crippen LogP contribution is 1.99. The summed E-state index contributed by atoms with van der Waals surface area (Å²) in [7, 11) is 0. The summed E-state index contributed by atoms with van der Waals surface area (Å²) in [6, 6.07) is 0. The molecule has 0 aromatic carbocycles. The Morgan fingerprint density at radius 1 is 1.67 bits per heavy atom.